The quantitative estimate of drug-likeness (QED) is 0.718. The highest BCUT2D eigenvalue weighted by molar-refractivity contribution is 4.81. The Hall–Kier alpha value is -0.0800. The Bertz CT molecular complexity index is 164. The third-order valence-electron chi connectivity index (χ3n) is 3.80. The largest absolute Gasteiger partial charge is 0.313 e. The first-order chi connectivity index (χ1) is 7.77. The topological polar surface area (TPSA) is 15.3 Å². The smallest absolute Gasteiger partial charge is 0.0222 e. The Morgan fingerprint density at radius 1 is 1.19 bits per heavy atom. The summed E-state index contributed by atoms with van der Waals surface area (Å²) in [6.07, 6.45) is 8.50. The Labute approximate surface area is 102 Å². The van der Waals surface area contributed by atoms with Gasteiger partial charge in [0.2, 0.25) is 0 Å². The van der Waals surface area contributed by atoms with Gasteiger partial charge in [0.15, 0.2) is 0 Å². The third kappa shape index (κ3) is 4.84. The molecule has 1 rings (SSSR count). The lowest BCUT2D eigenvalue weighted by molar-refractivity contribution is 0.207. The average Bonchev–Trinajstić information content (AvgIpc) is 2.30. The van der Waals surface area contributed by atoms with E-state index in [4.69, 9.17) is 0 Å². The summed E-state index contributed by atoms with van der Waals surface area (Å²) in [6, 6.07) is 0.724. The van der Waals surface area contributed by atoms with Gasteiger partial charge in [0.25, 0.3) is 0 Å². The van der Waals surface area contributed by atoms with Crippen LogP contribution in [0.2, 0.25) is 0 Å². The van der Waals surface area contributed by atoms with Gasteiger partial charge in [-0.2, -0.15) is 0 Å². The molecule has 0 saturated heterocycles. The molecule has 1 unspecified atom stereocenters. The number of nitrogens with one attached hydrogen (secondary N) is 1. The van der Waals surface area contributed by atoms with E-state index in [9.17, 15) is 0 Å². The minimum Gasteiger partial charge on any atom is -0.313 e. The SMILES string of the molecule is CCCN(C)CC(NCC)C1CCCCC1. The van der Waals surface area contributed by atoms with Gasteiger partial charge >= 0.3 is 0 Å². The highest BCUT2D eigenvalue weighted by Crippen LogP contribution is 2.26. The maximum absolute atomic E-state index is 3.70. The fraction of sp³-hybridized carbons (Fsp3) is 1.00. The molecule has 96 valence electrons. The van der Waals surface area contributed by atoms with Crippen molar-refractivity contribution in [2.24, 2.45) is 5.92 Å². The summed E-state index contributed by atoms with van der Waals surface area (Å²) in [7, 11) is 2.26. The maximum atomic E-state index is 3.70. The van der Waals surface area contributed by atoms with E-state index in [1.54, 1.807) is 0 Å². The molecule has 0 radical (unpaired) electrons. The van der Waals surface area contributed by atoms with Crippen LogP contribution in [0.15, 0.2) is 0 Å². The summed E-state index contributed by atoms with van der Waals surface area (Å²) < 4.78 is 0. The van der Waals surface area contributed by atoms with Gasteiger partial charge in [-0.1, -0.05) is 33.1 Å². The van der Waals surface area contributed by atoms with Crippen molar-refractivity contribution < 1.29 is 0 Å². The first kappa shape index (κ1) is 14.0. The molecule has 0 spiro atoms. The van der Waals surface area contributed by atoms with Gasteiger partial charge in [0.1, 0.15) is 0 Å². The first-order valence-electron chi connectivity index (χ1n) is 7.19. The number of hydrogen-bond acceptors (Lipinski definition) is 2. The van der Waals surface area contributed by atoms with Crippen molar-refractivity contribution in [3.63, 3.8) is 0 Å². The number of likely N-dealkylation sites (N-methyl/N-ethyl adjacent to an activating group) is 2. The fourth-order valence-electron chi connectivity index (χ4n) is 2.99. The highest BCUT2D eigenvalue weighted by Gasteiger charge is 2.23. The molecule has 0 amide bonds. The summed E-state index contributed by atoms with van der Waals surface area (Å²) in [6.45, 7) is 8.07. The zero-order chi connectivity index (χ0) is 11.8. The number of hydrogen-bond donors (Lipinski definition) is 1. The Morgan fingerprint density at radius 3 is 2.44 bits per heavy atom. The third-order valence-corrected chi connectivity index (χ3v) is 3.80. The lowest BCUT2D eigenvalue weighted by Crippen LogP contribution is -2.45. The van der Waals surface area contributed by atoms with E-state index in [1.165, 1.54) is 51.6 Å². The van der Waals surface area contributed by atoms with E-state index in [0.717, 1.165) is 18.5 Å². The van der Waals surface area contributed by atoms with Gasteiger partial charge < -0.3 is 10.2 Å². The van der Waals surface area contributed by atoms with Gasteiger partial charge in [0, 0.05) is 12.6 Å². The molecule has 1 N–H and O–H groups in total. The molecule has 1 aliphatic carbocycles. The normalized spacial score (nSPS) is 20.2. The molecule has 2 heteroatoms. The standard InChI is InChI=1S/C14H30N2/c1-4-11-16(3)12-14(15-5-2)13-9-7-6-8-10-13/h13-15H,4-12H2,1-3H3. The molecule has 0 bridgehead atoms. The van der Waals surface area contributed by atoms with Crippen LogP contribution in [0.5, 0.6) is 0 Å². The van der Waals surface area contributed by atoms with Crippen molar-refractivity contribution in [1.82, 2.24) is 10.2 Å². The van der Waals surface area contributed by atoms with Crippen LogP contribution >= 0.6 is 0 Å². The second kappa shape index (κ2) is 8.08. The van der Waals surface area contributed by atoms with Gasteiger partial charge in [-0.25, -0.2) is 0 Å². The molecular formula is C14H30N2. The van der Waals surface area contributed by atoms with Crippen LogP contribution in [0.3, 0.4) is 0 Å². The predicted octanol–water partition coefficient (Wildman–Crippen LogP) is 2.89. The lowest BCUT2D eigenvalue weighted by Gasteiger charge is -2.33. The minimum absolute atomic E-state index is 0.724. The molecule has 0 aliphatic heterocycles. The summed E-state index contributed by atoms with van der Waals surface area (Å²) in [4.78, 5) is 2.49. The summed E-state index contributed by atoms with van der Waals surface area (Å²) >= 11 is 0. The zero-order valence-electron chi connectivity index (χ0n) is 11.5. The molecule has 0 heterocycles. The summed E-state index contributed by atoms with van der Waals surface area (Å²) in [5, 5.41) is 3.70. The number of nitrogens with zero attached hydrogens (tertiary/aromatic N) is 1. The van der Waals surface area contributed by atoms with Gasteiger partial charge in [-0.05, 0) is 45.3 Å². The van der Waals surface area contributed by atoms with Crippen LogP contribution in [-0.4, -0.2) is 37.6 Å². The van der Waals surface area contributed by atoms with Crippen molar-refractivity contribution in [2.45, 2.75) is 58.4 Å². The fourth-order valence-corrected chi connectivity index (χ4v) is 2.99. The van der Waals surface area contributed by atoms with Gasteiger partial charge in [0.05, 0.1) is 0 Å². The van der Waals surface area contributed by atoms with E-state index in [0.29, 0.717) is 0 Å². The second-order valence-corrected chi connectivity index (χ2v) is 5.32. The predicted molar refractivity (Wildman–Crippen MR) is 71.8 cm³/mol. The Morgan fingerprint density at radius 2 is 1.88 bits per heavy atom. The zero-order valence-corrected chi connectivity index (χ0v) is 11.5. The van der Waals surface area contributed by atoms with Crippen LogP contribution in [0.1, 0.15) is 52.4 Å². The molecule has 2 nitrogen and oxygen atoms in total. The molecule has 1 fully saturated rings. The van der Waals surface area contributed by atoms with E-state index in [2.05, 4.69) is 31.1 Å². The van der Waals surface area contributed by atoms with Crippen LogP contribution in [-0.2, 0) is 0 Å². The first-order valence-corrected chi connectivity index (χ1v) is 7.19. The van der Waals surface area contributed by atoms with Crippen molar-refractivity contribution in [3.8, 4) is 0 Å². The second-order valence-electron chi connectivity index (χ2n) is 5.32. The number of rotatable bonds is 7. The van der Waals surface area contributed by atoms with Crippen LogP contribution < -0.4 is 5.32 Å². The molecule has 0 aromatic carbocycles. The van der Waals surface area contributed by atoms with E-state index >= 15 is 0 Å². The van der Waals surface area contributed by atoms with Crippen LogP contribution in [0.4, 0.5) is 0 Å². The molecule has 1 saturated carbocycles. The molecule has 1 atom stereocenters. The van der Waals surface area contributed by atoms with Gasteiger partial charge in [-0.15, -0.1) is 0 Å². The Balaban J connectivity index is 2.38. The molecule has 0 aromatic heterocycles. The van der Waals surface area contributed by atoms with E-state index in [1.807, 2.05) is 0 Å². The van der Waals surface area contributed by atoms with E-state index in [-0.39, 0.29) is 0 Å². The highest BCUT2D eigenvalue weighted by atomic mass is 15.1. The minimum atomic E-state index is 0.724. The summed E-state index contributed by atoms with van der Waals surface area (Å²) in [5.41, 5.74) is 0. The average molecular weight is 226 g/mol. The molecule has 1 aliphatic rings. The maximum Gasteiger partial charge on any atom is 0.0222 e. The Kier molecular flexibility index (Phi) is 7.06. The summed E-state index contributed by atoms with van der Waals surface area (Å²) in [5.74, 6) is 0.924. The van der Waals surface area contributed by atoms with Crippen LogP contribution in [0, 0.1) is 5.92 Å². The van der Waals surface area contributed by atoms with Crippen molar-refractivity contribution in [1.29, 1.82) is 0 Å². The van der Waals surface area contributed by atoms with Crippen molar-refractivity contribution in [2.75, 3.05) is 26.7 Å². The van der Waals surface area contributed by atoms with E-state index < -0.39 is 0 Å². The monoisotopic (exact) mass is 226 g/mol. The van der Waals surface area contributed by atoms with Crippen molar-refractivity contribution in [3.05, 3.63) is 0 Å². The molecule has 16 heavy (non-hydrogen) atoms. The van der Waals surface area contributed by atoms with Crippen molar-refractivity contribution >= 4 is 0 Å². The molecular weight excluding hydrogens is 196 g/mol. The van der Waals surface area contributed by atoms with Crippen LogP contribution in [0.25, 0.3) is 0 Å². The van der Waals surface area contributed by atoms with Gasteiger partial charge in [-0.3, -0.25) is 0 Å². The molecule has 0 aromatic rings. The lowest BCUT2D eigenvalue weighted by atomic mass is 9.83.